The minimum Gasteiger partial charge on any atom is -0.490 e. The highest BCUT2D eigenvalue weighted by molar-refractivity contribution is 5.35. The van der Waals surface area contributed by atoms with Gasteiger partial charge in [0, 0.05) is 18.3 Å². The summed E-state index contributed by atoms with van der Waals surface area (Å²) in [4.78, 5) is 0. The quantitative estimate of drug-likeness (QED) is 0.169. The predicted octanol–water partition coefficient (Wildman–Crippen LogP) is 9.77. The minimum atomic E-state index is -3.10. The van der Waals surface area contributed by atoms with Crippen molar-refractivity contribution in [3.05, 3.63) is 35.9 Å². The molecule has 2 nitrogen and oxygen atoms in total. The van der Waals surface area contributed by atoms with E-state index in [0.29, 0.717) is 24.4 Å². The van der Waals surface area contributed by atoms with E-state index in [2.05, 4.69) is 24.8 Å². The van der Waals surface area contributed by atoms with Gasteiger partial charge in [-0.15, -0.1) is 0 Å². The Labute approximate surface area is 238 Å². The number of hydrogen-bond acceptors (Lipinski definition) is 2. The second-order valence-corrected chi connectivity index (χ2v) is 12.6. The van der Waals surface area contributed by atoms with Gasteiger partial charge in [-0.25, -0.2) is 8.78 Å². The Morgan fingerprint density at radius 2 is 1.30 bits per heavy atom. The van der Waals surface area contributed by atoms with E-state index in [1.54, 1.807) is 0 Å². The van der Waals surface area contributed by atoms with E-state index in [4.69, 9.17) is 9.47 Å². The number of benzene rings is 1. The molecule has 0 atom stereocenters. The van der Waals surface area contributed by atoms with Crippen molar-refractivity contribution >= 4 is 0 Å². The molecule has 0 radical (unpaired) electrons. The van der Waals surface area contributed by atoms with Crippen molar-refractivity contribution in [3.8, 4) is 23.3 Å². The lowest BCUT2D eigenvalue weighted by molar-refractivity contribution is -0.0644. The van der Waals surface area contributed by atoms with Crippen LogP contribution in [0.2, 0.25) is 0 Å². The average Bonchev–Trinajstić information content (AvgIpc) is 2.95. The van der Waals surface area contributed by atoms with Crippen LogP contribution in [-0.4, -0.2) is 19.1 Å². The first-order chi connectivity index (χ1) is 19.2. The summed E-state index contributed by atoms with van der Waals surface area (Å²) < 4.78 is 69.2. The van der Waals surface area contributed by atoms with E-state index < -0.39 is 29.9 Å². The first kappa shape index (κ1) is 30.8. The molecule has 3 aliphatic carbocycles. The summed E-state index contributed by atoms with van der Waals surface area (Å²) in [6, 6.07) is 2.46. The van der Waals surface area contributed by atoms with E-state index in [9.17, 15) is 17.6 Å². The molecule has 0 aliphatic heterocycles. The molecule has 0 N–H and O–H groups in total. The summed E-state index contributed by atoms with van der Waals surface area (Å²) in [6.07, 6.45) is 16.0. The molecule has 0 amide bonds. The molecule has 4 rings (SSSR count). The molecule has 3 saturated carbocycles. The third-order valence-electron chi connectivity index (χ3n) is 9.22. The third kappa shape index (κ3) is 9.18. The zero-order chi connectivity index (χ0) is 28.5. The van der Waals surface area contributed by atoms with Crippen LogP contribution in [0.3, 0.4) is 0 Å². The minimum absolute atomic E-state index is 0.0830. The molecule has 6 heteroatoms. The molecule has 0 bridgehead atoms. The molecule has 1 aromatic carbocycles. The smallest absolute Gasteiger partial charge is 0.281 e. The number of halogens is 4. The summed E-state index contributed by atoms with van der Waals surface area (Å²) in [6.45, 7) is 3.62. The molecule has 40 heavy (non-hydrogen) atoms. The zero-order valence-corrected chi connectivity index (χ0v) is 24.2. The Bertz CT molecular complexity index is 1020. The van der Waals surface area contributed by atoms with Crippen molar-refractivity contribution in [1.29, 1.82) is 0 Å². The maximum atomic E-state index is 14.7. The summed E-state index contributed by atoms with van der Waals surface area (Å²) in [5.74, 6) is 3.16. The van der Waals surface area contributed by atoms with E-state index in [1.165, 1.54) is 37.8 Å². The number of allylic oxidation sites excluding steroid dienone is 2. The molecule has 0 aromatic heterocycles. The fourth-order valence-corrected chi connectivity index (χ4v) is 6.58. The zero-order valence-electron chi connectivity index (χ0n) is 24.2. The topological polar surface area (TPSA) is 18.5 Å². The van der Waals surface area contributed by atoms with Crippen molar-refractivity contribution in [2.45, 2.75) is 103 Å². The number of ether oxygens (including phenoxy) is 2. The van der Waals surface area contributed by atoms with Crippen LogP contribution in [0.15, 0.2) is 24.3 Å². The van der Waals surface area contributed by atoms with Gasteiger partial charge >= 0.3 is 0 Å². The van der Waals surface area contributed by atoms with Gasteiger partial charge in [0.05, 0.1) is 6.61 Å². The molecule has 0 unspecified atom stereocenters. The fourth-order valence-electron chi connectivity index (χ4n) is 6.58. The van der Waals surface area contributed by atoms with Gasteiger partial charge in [-0.05, 0) is 120 Å². The van der Waals surface area contributed by atoms with Crippen molar-refractivity contribution in [3.63, 3.8) is 0 Å². The fraction of sp³-hybridized carbons (Fsp3) is 0.706. The van der Waals surface area contributed by atoms with Crippen LogP contribution in [-0.2, 0) is 0 Å². The molecule has 0 spiro atoms. The summed E-state index contributed by atoms with van der Waals surface area (Å²) >= 11 is 0. The van der Waals surface area contributed by atoms with Crippen molar-refractivity contribution in [2.75, 3.05) is 13.2 Å². The predicted molar refractivity (Wildman–Crippen MR) is 152 cm³/mol. The van der Waals surface area contributed by atoms with Gasteiger partial charge in [0.25, 0.3) is 5.92 Å². The molecule has 0 saturated heterocycles. The largest absolute Gasteiger partial charge is 0.490 e. The number of rotatable bonds is 9. The average molecular weight is 563 g/mol. The molecular formula is C34H46F4O2. The van der Waals surface area contributed by atoms with Crippen LogP contribution in [0.25, 0.3) is 0 Å². The standard InChI is InChI=1S/C34H46F4O2/c1-3-4-25-11-15-28(16-12-25)21-34(37,38)23-40-31-20-19-30(32(35)33(31)36)39-22-29-17-13-27(14-18-29)10-9-26-7-5-24(2)6-8-26/h3-4,19-20,24-29H,5-8,11-18,21-23H2,1-2H3/b4-3+. The van der Waals surface area contributed by atoms with Gasteiger partial charge in [-0.2, -0.15) is 8.78 Å². The van der Waals surface area contributed by atoms with Crippen LogP contribution in [0.4, 0.5) is 17.6 Å². The molecule has 1 aromatic rings. The van der Waals surface area contributed by atoms with Gasteiger partial charge in [-0.3, -0.25) is 0 Å². The normalized spacial score (nSPS) is 29.6. The molecule has 0 heterocycles. The van der Waals surface area contributed by atoms with Gasteiger partial charge in [0.1, 0.15) is 0 Å². The molecular weight excluding hydrogens is 516 g/mol. The van der Waals surface area contributed by atoms with Crippen LogP contribution in [0.5, 0.6) is 11.5 Å². The van der Waals surface area contributed by atoms with Gasteiger partial charge in [-0.1, -0.05) is 30.9 Å². The summed E-state index contributed by atoms with van der Waals surface area (Å²) in [5.41, 5.74) is 0. The first-order valence-electron chi connectivity index (χ1n) is 15.5. The van der Waals surface area contributed by atoms with Crippen molar-refractivity contribution < 1.29 is 27.0 Å². The van der Waals surface area contributed by atoms with Crippen LogP contribution in [0.1, 0.15) is 97.3 Å². The van der Waals surface area contributed by atoms with E-state index in [-0.39, 0.29) is 24.0 Å². The second-order valence-electron chi connectivity index (χ2n) is 12.6. The van der Waals surface area contributed by atoms with Gasteiger partial charge in [0.15, 0.2) is 18.1 Å². The second kappa shape index (κ2) is 14.6. The Morgan fingerprint density at radius 1 is 0.775 bits per heavy atom. The highest BCUT2D eigenvalue weighted by Gasteiger charge is 2.35. The van der Waals surface area contributed by atoms with Crippen molar-refractivity contribution in [2.24, 2.45) is 35.5 Å². The summed E-state index contributed by atoms with van der Waals surface area (Å²) in [7, 11) is 0. The van der Waals surface area contributed by atoms with Crippen LogP contribution < -0.4 is 9.47 Å². The monoisotopic (exact) mass is 562 g/mol. The van der Waals surface area contributed by atoms with Gasteiger partial charge < -0.3 is 9.47 Å². The Balaban J connectivity index is 1.19. The maximum absolute atomic E-state index is 14.7. The lowest BCUT2D eigenvalue weighted by atomic mass is 9.79. The molecule has 222 valence electrons. The van der Waals surface area contributed by atoms with Crippen molar-refractivity contribution in [1.82, 2.24) is 0 Å². The SMILES string of the molecule is C/C=C/C1CCC(CC(F)(F)COc2ccc(OCC3CCC(C#CC4CCC(C)CC4)CC3)c(F)c2F)CC1. The van der Waals surface area contributed by atoms with Gasteiger partial charge in [0.2, 0.25) is 11.6 Å². The maximum Gasteiger partial charge on any atom is 0.281 e. The summed E-state index contributed by atoms with van der Waals surface area (Å²) in [5, 5.41) is 0. The number of alkyl halides is 2. The van der Waals surface area contributed by atoms with Crippen LogP contribution >= 0.6 is 0 Å². The van der Waals surface area contributed by atoms with Crippen LogP contribution in [0, 0.1) is 59.0 Å². The molecule has 3 aliphatic rings. The van der Waals surface area contributed by atoms with E-state index in [0.717, 1.165) is 57.3 Å². The highest BCUT2D eigenvalue weighted by atomic mass is 19.3. The number of hydrogen-bond donors (Lipinski definition) is 0. The lowest BCUT2D eigenvalue weighted by Gasteiger charge is -2.29. The lowest BCUT2D eigenvalue weighted by Crippen LogP contribution is -2.30. The Kier molecular flexibility index (Phi) is 11.3. The van der Waals surface area contributed by atoms with E-state index >= 15 is 0 Å². The van der Waals surface area contributed by atoms with E-state index in [1.807, 2.05) is 13.0 Å². The Hall–Kier alpha value is -2.16. The molecule has 3 fully saturated rings. The third-order valence-corrected chi connectivity index (χ3v) is 9.22. The highest BCUT2D eigenvalue weighted by Crippen LogP contribution is 2.37. The first-order valence-corrected chi connectivity index (χ1v) is 15.5. The Morgan fingerprint density at radius 3 is 1.88 bits per heavy atom.